The van der Waals surface area contributed by atoms with E-state index in [0.717, 1.165) is 24.3 Å². The lowest BCUT2D eigenvalue weighted by Gasteiger charge is -2.07. The average molecular weight is 266 g/mol. The Bertz CT molecular complexity index is 674. The van der Waals surface area contributed by atoms with Gasteiger partial charge in [-0.2, -0.15) is 10.5 Å². The van der Waals surface area contributed by atoms with Gasteiger partial charge in [0.1, 0.15) is 18.0 Å². The van der Waals surface area contributed by atoms with Crippen LogP contribution in [0, 0.1) is 22.7 Å². The number of aromatic nitrogens is 3. The number of nitriles is 2. The lowest BCUT2D eigenvalue weighted by Crippen LogP contribution is -2.05. The maximum absolute atomic E-state index is 9.08. The number of nitrogens with one attached hydrogen (secondary N) is 1. The number of anilines is 1. The molecule has 0 spiro atoms. The Morgan fingerprint density at radius 3 is 2.85 bits per heavy atom. The van der Waals surface area contributed by atoms with Crippen LogP contribution in [0.3, 0.4) is 0 Å². The molecule has 0 saturated carbocycles. The summed E-state index contributed by atoms with van der Waals surface area (Å²) in [5.41, 5.74) is 1.44. The molecule has 2 aromatic heterocycles. The van der Waals surface area contributed by atoms with Crippen LogP contribution in [0.2, 0.25) is 0 Å². The van der Waals surface area contributed by atoms with Crippen LogP contribution in [0.25, 0.3) is 0 Å². The molecule has 2 rings (SSSR count). The second kappa shape index (κ2) is 6.35. The fourth-order valence-corrected chi connectivity index (χ4v) is 1.82. The molecule has 0 aromatic carbocycles. The highest BCUT2D eigenvalue weighted by Crippen LogP contribution is 2.12. The molecule has 100 valence electrons. The van der Waals surface area contributed by atoms with E-state index in [1.165, 1.54) is 6.33 Å². The molecule has 0 fully saturated rings. The van der Waals surface area contributed by atoms with Crippen molar-refractivity contribution in [3.8, 4) is 12.1 Å². The van der Waals surface area contributed by atoms with Crippen LogP contribution in [-0.4, -0.2) is 21.1 Å². The van der Waals surface area contributed by atoms with Gasteiger partial charge in [0.05, 0.1) is 6.33 Å². The Morgan fingerprint density at radius 1 is 1.30 bits per heavy atom. The number of pyridine rings is 1. The summed E-state index contributed by atoms with van der Waals surface area (Å²) in [5.74, 6) is 0.809. The summed E-state index contributed by atoms with van der Waals surface area (Å²) >= 11 is 0. The van der Waals surface area contributed by atoms with Crippen molar-refractivity contribution in [1.29, 1.82) is 10.5 Å². The van der Waals surface area contributed by atoms with Gasteiger partial charge in [-0.05, 0) is 24.1 Å². The van der Waals surface area contributed by atoms with E-state index in [0.29, 0.717) is 6.54 Å². The van der Waals surface area contributed by atoms with E-state index < -0.39 is 0 Å². The van der Waals surface area contributed by atoms with Gasteiger partial charge in [-0.1, -0.05) is 6.92 Å². The predicted molar refractivity (Wildman–Crippen MR) is 73.8 cm³/mol. The van der Waals surface area contributed by atoms with Crippen LogP contribution < -0.4 is 5.32 Å². The van der Waals surface area contributed by atoms with E-state index in [1.807, 2.05) is 24.3 Å². The number of nitrogens with zero attached hydrogens (tertiary/aromatic N) is 5. The smallest absolute Gasteiger partial charge is 0.176 e. The van der Waals surface area contributed by atoms with Gasteiger partial charge in [0.25, 0.3) is 0 Å². The van der Waals surface area contributed by atoms with Crippen molar-refractivity contribution in [3.05, 3.63) is 41.6 Å². The molecule has 0 aliphatic heterocycles. The molecule has 0 saturated heterocycles. The largest absolute Gasteiger partial charge is 0.370 e. The first-order valence-electron chi connectivity index (χ1n) is 6.32. The van der Waals surface area contributed by atoms with Gasteiger partial charge in [0.15, 0.2) is 11.4 Å². The third-order valence-electron chi connectivity index (χ3n) is 2.78. The molecule has 6 heteroatoms. The van der Waals surface area contributed by atoms with E-state index in [9.17, 15) is 0 Å². The lowest BCUT2D eigenvalue weighted by atomic mass is 10.2. The first-order chi connectivity index (χ1) is 9.78. The van der Waals surface area contributed by atoms with Crippen LogP contribution in [0.15, 0.2) is 24.7 Å². The number of hydrogen-bond acceptors (Lipinski definition) is 5. The first-order valence-corrected chi connectivity index (χ1v) is 6.32. The summed E-state index contributed by atoms with van der Waals surface area (Å²) in [6.07, 6.45) is 4.26. The van der Waals surface area contributed by atoms with Gasteiger partial charge in [-0.3, -0.25) is 0 Å². The topological polar surface area (TPSA) is 90.3 Å². The van der Waals surface area contributed by atoms with Crippen LogP contribution in [0.5, 0.6) is 0 Å². The molecule has 0 bridgehead atoms. The number of hydrogen-bond donors (Lipinski definition) is 1. The summed E-state index contributed by atoms with van der Waals surface area (Å²) in [6.45, 7) is 3.44. The maximum Gasteiger partial charge on any atom is 0.176 e. The van der Waals surface area contributed by atoms with E-state index >= 15 is 0 Å². The van der Waals surface area contributed by atoms with Gasteiger partial charge in [0, 0.05) is 19.3 Å². The SMILES string of the molecule is CCCNc1cc(Cn2cnc(C#N)c2C#N)ccn1. The van der Waals surface area contributed by atoms with Crippen LogP contribution >= 0.6 is 0 Å². The molecule has 0 aliphatic carbocycles. The molecule has 0 atom stereocenters. The van der Waals surface area contributed by atoms with Crippen molar-refractivity contribution in [2.75, 3.05) is 11.9 Å². The molecule has 0 aliphatic rings. The van der Waals surface area contributed by atoms with Crippen LogP contribution in [0.4, 0.5) is 5.82 Å². The fraction of sp³-hybridized carbons (Fsp3) is 0.286. The van der Waals surface area contributed by atoms with Gasteiger partial charge in [0.2, 0.25) is 0 Å². The highest BCUT2D eigenvalue weighted by atomic mass is 15.1. The van der Waals surface area contributed by atoms with Crippen molar-refractivity contribution in [1.82, 2.24) is 14.5 Å². The van der Waals surface area contributed by atoms with Gasteiger partial charge >= 0.3 is 0 Å². The van der Waals surface area contributed by atoms with Crippen molar-refractivity contribution in [3.63, 3.8) is 0 Å². The first kappa shape index (κ1) is 13.6. The monoisotopic (exact) mass is 266 g/mol. The maximum atomic E-state index is 9.08. The normalized spacial score (nSPS) is 9.75. The number of imidazole rings is 1. The van der Waals surface area contributed by atoms with E-state index in [2.05, 4.69) is 22.2 Å². The van der Waals surface area contributed by atoms with Gasteiger partial charge in [-0.15, -0.1) is 0 Å². The minimum atomic E-state index is 0.158. The minimum absolute atomic E-state index is 0.158. The molecule has 0 amide bonds. The molecular weight excluding hydrogens is 252 g/mol. The summed E-state index contributed by atoms with van der Waals surface area (Å²) in [4.78, 5) is 8.15. The molecule has 0 unspecified atom stereocenters. The lowest BCUT2D eigenvalue weighted by molar-refractivity contribution is 0.784. The molecule has 0 radical (unpaired) electrons. The predicted octanol–water partition coefficient (Wildman–Crippen LogP) is 1.89. The zero-order valence-corrected chi connectivity index (χ0v) is 11.2. The third-order valence-corrected chi connectivity index (χ3v) is 2.78. The molecule has 20 heavy (non-hydrogen) atoms. The molecule has 6 nitrogen and oxygen atoms in total. The van der Waals surface area contributed by atoms with Crippen LogP contribution in [0.1, 0.15) is 30.3 Å². The molecular formula is C14H14N6. The minimum Gasteiger partial charge on any atom is -0.370 e. The Morgan fingerprint density at radius 2 is 2.15 bits per heavy atom. The summed E-state index contributed by atoms with van der Waals surface area (Å²) in [6, 6.07) is 7.74. The fourth-order valence-electron chi connectivity index (χ4n) is 1.82. The van der Waals surface area contributed by atoms with Crippen molar-refractivity contribution >= 4 is 5.82 Å². The van der Waals surface area contributed by atoms with E-state index in [1.54, 1.807) is 10.8 Å². The van der Waals surface area contributed by atoms with Gasteiger partial charge < -0.3 is 9.88 Å². The molecule has 2 heterocycles. The number of rotatable bonds is 5. The Balaban J connectivity index is 2.20. The Hall–Kier alpha value is -2.86. The summed E-state index contributed by atoms with van der Waals surface area (Å²) in [5, 5.41) is 21.2. The Labute approximate surface area is 117 Å². The third kappa shape index (κ3) is 2.93. The highest BCUT2D eigenvalue weighted by molar-refractivity contribution is 5.39. The summed E-state index contributed by atoms with van der Waals surface area (Å²) in [7, 11) is 0. The zero-order valence-electron chi connectivity index (χ0n) is 11.2. The second-order valence-corrected chi connectivity index (χ2v) is 4.27. The summed E-state index contributed by atoms with van der Waals surface area (Å²) < 4.78 is 1.66. The standard InChI is InChI=1S/C14H14N6/c1-2-4-17-14-6-11(3-5-18-14)9-20-10-19-12(7-15)13(20)8-16/h3,5-6,10H,2,4,9H2,1H3,(H,17,18). The molecule has 1 N–H and O–H groups in total. The van der Waals surface area contributed by atoms with Crippen molar-refractivity contribution < 1.29 is 0 Å². The van der Waals surface area contributed by atoms with Crippen molar-refractivity contribution in [2.24, 2.45) is 0 Å². The zero-order chi connectivity index (χ0) is 14.4. The van der Waals surface area contributed by atoms with Crippen LogP contribution in [-0.2, 0) is 6.54 Å². The van der Waals surface area contributed by atoms with Crippen molar-refractivity contribution in [2.45, 2.75) is 19.9 Å². The quantitative estimate of drug-likeness (QED) is 0.892. The molecule has 2 aromatic rings. The highest BCUT2D eigenvalue weighted by Gasteiger charge is 2.10. The Kier molecular flexibility index (Phi) is 4.31. The van der Waals surface area contributed by atoms with E-state index in [-0.39, 0.29) is 11.4 Å². The van der Waals surface area contributed by atoms with E-state index in [4.69, 9.17) is 10.5 Å². The van der Waals surface area contributed by atoms with Gasteiger partial charge in [-0.25, -0.2) is 9.97 Å². The second-order valence-electron chi connectivity index (χ2n) is 4.27. The average Bonchev–Trinajstić information content (AvgIpc) is 2.87.